The zero-order valence-electron chi connectivity index (χ0n) is 13.3. The van der Waals surface area contributed by atoms with Crippen molar-refractivity contribution in [2.75, 3.05) is 5.32 Å². The van der Waals surface area contributed by atoms with Gasteiger partial charge in [-0.05, 0) is 47.5 Å². The van der Waals surface area contributed by atoms with E-state index in [2.05, 4.69) is 66.8 Å². The number of fused-ring (bicyclic) bond motifs is 2. The van der Waals surface area contributed by atoms with Crippen LogP contribution < -0.4 is 5.32 Å². The fraction of sp³-hybridized carbons (Fsp3) is 0.0952. The zero-order valence-corrected chi connectivity index (χ0v) is 14.1. The molecule has 3 aromatic rings. The molecule has 0 aromatic heterocycles. The maximum Gasteiger partial charge on any atom is 0.0991 e. The molecule has 0 saturated carbocycles. The molecular weight excluding hydrogens is 312 g/mol. The van der Waals surface area contributed by atoms with Crippen molar-refractivity contribution < 1.29 is 0 Å². The Bertz CT molecular complexity index is 956. The molecule has 116 valence electrons. The predicted molar refractivity (Wildman–Crippen MR) is 99.0 cm³/mol. The summed E-state index contributed by atoms with van der Waals surface area (Å²) in [5.74, 6) is 0.243. The minimum Gasteiger partial charge on any atom is -0.354 e. The number of benzene rings is 3. The molecule has 0 radical (unpaired) electrons. The Labute approximate surface area is 146 Å². The summed E-state index contributed by atoms with van der Waals surface area (Å²) in [6.45, 7) is 2.18. The summed E-state index contributed by atoms with van der Waals surface area (Å²) < 4.78 is 0. The minimum atomic E-state index is 0.243. The smallest absolute Gasteiger partial charge is 0.0991 e. The van der Waals surface area contributed by atoms with Crippen LogP contribution in [0.1, 0.15) is 29.5 Å². The minimum absolute atomic E-state index is 0.243. The Morgan fingerprint density at radius 3 is 2.54 bits per heavy atom. The average Bonchev–Trinajstić information content (AvgIpc) is 2.65. The number of nitriles is 1. The molecule has 0 saturated heterocycles. The quantitative estimate of drug-likeness (QED) is 0.496. The standard InChI is InChI=1S/C21H16N2S/c1-14(16-6-4-5-15(11-16)13-22)17-9-10-21-19(12-17)23-18-7-2-3-8-20(18)24-21/h2-12,14,23H,1H3. The lowest BCUT2D eigenvalue weighted by molar-refractivity contribution is 0.919. The van der Waals surface area contributed by atoms with Gasteiger partial charge in [0.25, 0.3) is 0 Å². The van der Waals surface area contributed by atoms with Crippen molar-refractivity contribution in [1.29, 1.82) is 5.26 Å². The van der Waals surface area contributed by atoms with Gasteiger partial charge in [-0.2, -0.15) is 5.26 Å². The highest BCUT2D eigenvalue weighted by atomic mass is 32.2. The first-order chi connectivity index (χ1) is 11.7. The molecule has 1 aliphatic rings. The van der Waals surface area contributed by atoms with Crippen molar-refractivity contribution >= 4 is 23.1 Å². The van der Waals surface area contributed by atoms with Gasteiger partial charge in [-0.25, -0.2) is 0 Å². The SMILES string of the molecule is CC(c1cccc(C#N)c1)c1ccc2c(c1)Nc1ccccc1S2. The molecule has 3 aromatic carbocycles. The lowest BCUT2D eigenvalue weighted by Gasteiger charge is -2.22. The number of anilines is 2. The van der Waals surface area contributed by atoms with Crippen molar-refractivity contribution in [2.45, 2.75) is 22.6 Å². The van der Waals surface area contributed by atoms with Crippen LogP contribution in [0.3, 0.4) is 0 Å². The second-order valence-electron chi connectivity index (χ2n) is 5.94. The van der Waals surface area contributed by atoms with E-state index in [-0.39, 0.29) is 5.92 Å². The van der Waals surface area contributed by atoms with Crippen LogP contribution in [-0.4, -0.2) is 0 Å². The van der Waals surface area contributed by atoms with Crippen molar-refractivity contribution in [1.82, 2.24) is 0 Å². The second kappa shape index (κ2) is 6.07. The van der Waals surface area contributed by atoms with Crippen molar-refractivity contribution in [3.63, 3.8) is 0 Å². The van der Waals surface area contributed by atoms with E-state index in [1.54, 1.807) is 11.8 Å². The van der Waals surface area contributed by atoms with Gasteiger partial charge in [0.2, 0.25) is 0 Å². The predicted octanol–water partition coefficient (Wildman–Crippen LogP) is 5.92. The Hall–Kier alpha value is -2.70. The van der Waals surface area contributed by atoms with Gasteiger partial charge in [-0.1, -0.05) is 49.0 Å². The fourth-order valence-corrected chi connectivity index (χ4v) is 3.96. The van der Waals surface area contributed by atoms with Gasteiger partial charge < -0.3 is 5.32 Å². The molecule has 0 amide bonds. The van der Waals surface area contributed by atoms with Crippen molar-refractivity contribution in [2.24, 2.45) is 0 Å². The molecule has 1 atom stereocenters. The summed E-state index contributed by atoms with van der Waals surface area (Å²) in [7, 11) is 0. The Kier molecular flexibility index (Phi) is 3.76. The number of nitrogens with zero attached hydrogens (tertiary/aromatic N) is 1. The molecule has 1 N–H and O–H groups in total. The third-order valence-corrected chi connectivity index (χ3v) is 5.55. The van der Waals surface area contributed by atoms with Crippen LogP contribution in [0.5, 0.6) is 0 Å². The van der Waals surface area contributed by atoms with Gasteiger partial charge in [-0.3, -0.25) is 0 Å². The van der Waals surface area contributed by atoms with Crippen LogP contribution in [0.2, 0.25) is 0 Å². The van der Waals surface area contributed by atoms with Crippen molar-refractivity contribution in [3.05, 3.63) is 83.4 Å². The third kappa shape index (κ3) is 2.66. The van der Waals surface area contributed by atoms with E-state index in [0.717, 1.165) is 16.9 Å². The van der Waals surface area contributed by atoms with Crippen LogP contribution >= 0.6 is 11.8 Å². The van der Waals surface area contributed by atoms with Gasteiger partial charge >= 0.3 is 0 Å². The molecule has 0 fully saturated rings. The van der Waals surface area contributed by atoms with E-state index in [4.69, 9.17) is 5.26 Å². The van der Waals surface area contributed by atoms with E-state index in [9.17, 15) is 0 Å². The fourth-order valence-electron chi connectivity index (χ4n) is 3.00. The molecule has 1 aliphatic heterocycles. The summed E-state index contributed by atoms with van der Waals surface area (Å²) in [5.41, 5.74) is 5.43. The molecule has 0 bridgehead atoms. The van der Waals surface area contributed by atoms with E-state index >= 15 is 0 Å². The van der Waals surface area contributed by atoms with Gasteiger partial charge in [0, 0.05) is 15.7 Å². The number of para-hydroxylation sites is 1. The lowest BCUT2D eigenvalue weighted by Crippen LogP contribution is -2.02. The monoisotopic (exact) mass is 328 g/mol. The van der Waals surface area contributed by atoms with Crippen LogP contribution in [0.25, 0.3) is 0 Å². The third-order valence-electron chi connectivity index (χ3n) is 4.40. The van der Waals surface area contributed by atoms with Gasteiger partial charge in [-0.15, -0.1) is 0 Å². The molecule has 0 aliphatic carbocycles. The number of hydrogen-bond donors (Lipinski definition) is 1. The molecule has 2 nitrogen and oxygen atoms in total. The summed E-state index contributed by atoms with van der Waals surface area (Å²) in [5, 5.41) is 12.6. The highest BCUT2D eigenvalue weighted by Crippen LogP contribution is 2.45. The molecule has 1 unspecified atom stereocenters. The number of hydrogen-bond acceptors (Lipinski definition) is 3. The highest BCUT2D eigenvalue weighted by Gasteiger charge is 2.17. The van der Waals surface area contributed by atoms with E-state index in [1.807, 2.05) is 18.2 Å². The number of nitrogens with one attached hydrogen (secondary N) is 1. The topological polar surface area (TPSA) is 35.8 Å². The van der Waals surface area contributed by atoms with Crippen LogP contribution in [-0.2, 0) is 0 Å². The van der Waals surface area contributed by atoms with Gasteiger partial charge in [0.15, 0.2) is 0 Å². The Morgan fingerprint density at radius 1 is 0.875 bits per heavy atom. The maximum absolute atomic E-state index is 9.10. The average molecular weight is 328 g/mol. The van der Waals surface area contributed by atoms with Gasteiger partial charge in [0.05, 0.1) is 23.0 Å². The van der Waals surface area contributed by atoms with Crippen molar-refractivity contribution in [3.8, 4) is 6.07 Å². The second-order valence-corrected chi connectivity index (χ2v) is 7.02. The van der Waals surface area contributed by atoms with E-state index in [1.165, 1.54) is 15.4 Å². The molecular formula is C21H16N2S. The van der Waals surface area contributed by atoms with E-state index < -0.39 is 0 Å². The molecule has 4 rings (SSSR count). The first-order valence-corrected chi connectivity index (χ1v) is 8.74. The Balaban J connectivity index is 1.68. The Morgan fingerprint density at radius 2 is 1.67 bits per heavy atom. The first-order valence-electron chi connectivity index (χ1n) is 7.92. The molecule has 1 heterocycles. The maximum atomic E-state index is 9.10. The largest absolute Gasteiger partial charge is 0.354 e. The van der Waals surface area contributed by atoms with E-state index in [0.29, 0.717) is 5.56 Å². The van der Waals surface area contributed by atoms with Crippen LogP contribution in [0.15, 0.2) is 76.5 Å². The first kappa shape index (κ1) is 14.9. The summed E-state index contributed by atoms with van der Waals surface area (Å²) in [4.78, 5) is 2.50. The summed E-state index contributed by atoms with van der Waals surface area (Å²) >= 11 is 1.80. The van der Waals surface area contributed by atoms with Crippen LogP contribution in [0.4, 0.5) is 11.4 Å². The van der Waals surface area contributed by atoms with Gasteiger partial charge in [0.1, 0.15) is 0 Å². The molecule has 0 spiro atoms. The molecule has 24 heavy (non-hydrogen) atoms. The highest BCUT2D eigenvalue weighted by molar-refractivity contribution is 7.99. The summed E-state index contributed by atoms with van der Waals surface area (Å²) in [6, 6.07) is 25.0. The zero-order chi connectivity index (χ0) is 16.5. The molecule has 3 heteroatoms. The number of rotatable bonds is 2. The normalized spacial score (nSPS) is 13.2. The van der Waals surface area contributed by atoms with Crippen LogP contribution in [0, 0.1) is 11.3 Å². The summed E-state index contributed by atoms with van der Waals surface area (Å²) in [6.07, 6.45) is 0. The lowest BCUT2D eigenvalue weighted by atomic mass is 9.92.